The summed E-state index contributed by atoms with van der Waals surface area (Å²) < 4.78 is 40.0. The van der Waals surface area contributed by atoms with Gasteiger partial charge in [-0.25, -0.2) is 0 Å². The highest BCUT2D eigenvalue weighted by molar-refractivity contribution is 8.18. The van der Waals surface area contributed by atoms with Crippen molar-refractivity contribution in [3.63, 3.8) is 0 Å². The van der Waals surface area contributed by atoms with Crippen LogP contribution in [0.2, 0.25) is 0 Å². The first-order valence-corrected chi connectivity index (χ1v) is 12.4. The largest absolute Gasteiger partial charge is 0.416 e. The monoisotopic (exact) mass is 522 g/mol. The van der Waals surface area contributed by atoms with Gasteiger partial charge in [-0.2, -0.15) is 13.2 Å². The standard InChI is InChI=1S/C28H21F3N2O3S/c29-28(30,31)23-8-4-3-7-22(23)17-33-26(35)24(37-27(33)36)15-18-9-11-20(12-10-18)25(34)32-14-13-19-5-1-2-6-21(19)16-32/h1-12,15H,13-14,16-17H2. The fourth-order valence-electron chi connectivity index (χ4n) is 4.47. The molecule has 0 saturated carbocycles. The Balaban J connectivity index is 1.29. The molecule has 2 aliphatic heterocycles. The summed E-state index contributed by atoms with van der Waals surface area (Å²) >= 11 is 0.678. The number of fused-ring (bicyclic) bond motifs is 1. The zero-order chi connectivity index (χ0) is 26.2. The van der Waals surface area contributed by atoms with Crippen LogP contribution in [0.1, 0.15) is 38.2 Å². The number of benzene rings is 3. The van der Waals surface area contributed by atoms with Crippen LogP contribution in [0.25, 0.3) is 6.08 Å². The Kier molecular flexibility index (Phi) is 6.64. The number of carbonyl (C=O) groups excluding carboxylic acids is 3. The number of halogens is 3. The summed E-state index contributed by atoms with van der Waals surface area (Å²) in [7, 11) is 0. The number of hydrogen-bond acceptors (Lipinski definition) is 4. The topological polar surface area (TPSA) is 57.7 Å². The molecule has 0 aliphatic carbocycles. The van der Waals surface area contributed by atoms with Gasteiger partial charge in [0, 0.05) is 18.7 Å². The summed E-state index contributed by atoms with van der Waals surface area (Å²) in [6.45, 7) is 0.702. The lowest BCUT2D eigenvalue weighted by atomic mass is 9.99. The van der Waals surface area contributed by atoms with E-state index in [2.05, 4.69) is 6.07 Å². The zero-order valence-corrected chi connectivity index (χ0v) is 20.3. The first-order valence-electron chi connectivity index (χ1n) is 11.6. The lowest BCUT2D eigenvalue weighted by Crippen LogP contribution is -2.35. The molecule has 0 radical (unpaired) electrons. The molecule has 188 valence electrons. The Morgan fingerprint density at radius 2 is 1.59 bits per heavy atom. The molecule has 0 bridgehead atoms. The van der Waals surface area contributed by atoms with Gasteiger partial charge in [0.15, 0.2) is 0 Å². The molecule has 2 heterocycles. The van der Waals surface area contributed by atoms with Crippen molar-refractivity contribution in [2.45, 2.75) is 25.7 Å². The van der Waals surface area contributed by atoms with Gasteiger partial charge in [-0.3, -0.25) is 19.3 Å². The average Bonchev–Trinajstić information content (AvgIpc) is 3.15. The molecule has 9 heteroatoms. The molecule has 5 nitrogen and oxygen atoms in total. The molecule has 0 N–H and O–H groups in total. The Hall–Kier alpha value is -3.85. The first kappa shape index (κ1) is 24.8. The summed E-state index contributed by atoms with van der Waals surface area (Å²) in [5, 5.41) is -0.634. The summed E-state index contributed by atoms with van der Waals surface area (Å²) in [6, 6.07) is 19.6. The Bertz CT molecular complexity index is 1420. The van der Waals surface area contributed by atoms with Crippen LogP contribution in [0.3, 0.4) is 0 Å². The van der Waals surface area contributed by atoms with Crippen molar-refractivity contribution in [1.29, 1.82) is 0 Å². The van der Waals surface area contributed by atoms with E-state index in [1.165, 1.54) is 29.8 Å². The number of thioether (sulfide) groups is 1. The third kappa shape index (κ3) is 5.17. The van der Waals surface area contributed by atoms with Crippen molar-refractivity contribution < 1.29 is 27.6 Å². The fourth-order valence-corrected chi connectivity index (χ4v) is 5.30. The summed E-state index contributed by atoms with van der Waals surface area (Å²) in [4.78, 5) is 41.0. The summed E-state index contributed by atoms with van der Waals surface area (Å²) in [5.74, 6) is -0.746. The molecule has 5 rings (SSSR count). The van der Waals surface area contributed by atoms with Crippen molar-refractivity contribution >= 4 is 34.9 Å². The average molecular weight is 523 g/mol. The van der Waals surface area contributed by atoms with E-state index in [4.69, 9.17) is 0 Å². The van der Waals surface area contributed by atoms with Crippen molar-refractivity contribution in [2.75, 3.05) is 6.54 Å². The van der Waals surface area contributed by atoms with Crippen LogP contribution >= 0.6 is 11.8 Å². The molecule has 0 spiro atoms. The quantitative estimate of drug-likeness (QED) is 0.386. The first-order chi connectivity index (χ1) is 17.7. The van der Waals surface area contributed by atoms with Gasteiger partial charge >= 0.3 is 6.18 Å². The molecule has 1 saturated heterocycles. The third-order valence-electron chi connectivity index (χ3n) is 6.40. The highest BCUT2D eigenvalue weighted by Crippen LogP contribution is 2.36. The minimum Gasteiger partial charge on any atom is -0.334 e. The minimum atomic E-state index is -4.59. The number of rotatable bonds is 4. The lowest BCUT2D eigenvalue weighted by molar-refractivity contribution is -0.139. The van der Waals surface area contributed by atoms with Crippen LogP contribution in [0.15, 0.2) is 77.7 Å². The predicted octanol–water partition coefficient (Wildman–Crippen LogP) is 6.14. The van der Waals surface area contributed by atoms with E-state index in [1.54, 1.807) is 29.2 Å². The Morgan fingerprint density at radius 1 is 0.919 bits per heavy atom. The number of hydrogen-bond donors (Lipinski definition) is 0. The molecule has 3 amide bonds. The van der Waals surface area contributed by atoms with Crippen LogP contribution < -0.4 is 0 Å². The van der Waals surface area contributed by atoms with Gasteiger partial charge in [0.1, 0.15) is 0 Å². The molecular weight excluding hydrogens is 501 g/mol. The van der Waals surface area contributed by atoms with E-state index in [1.807, 2.05) is 18.2 Å². The number of imide groups is 1. The molecule has 37 heavy (non-hydrogen) atoms. The molecule has 0 atom stereocenters. The summed E-state index contributed by atoms with van der Waals surface area (Å²) in [5.41, 5.74) is 2.46. The SMILES string of the molecule is O=C(c1ccc(C=C2SC(=O)N(Cc3ccccc3C(F)(F)F)C2=O)cc1)N1CCc2ccccc2C1. The van der Waals surface area contributed by atoms with Gasteiger partial charge in [-0.05, 0) is 64.7 Å². The number of alkyl halides is 3. The Labute approximate surface area is 215 Å². The van der Waals surface area contributed by atoms with Gasteiger partial charge in [0.25, 0.3) is 17.1 Å². The molecule has 1 fully saturated rings. The van der Waals surface area contributed by atoms with Gasteiger partial charge in [-0.15, -0.1) is 0 Å². The number of amides is 3. The third-order valence-corrected chi connectivity index (χ3v) is 7.31. The smallest absolute Gasteiger partial charge is 0.334 e. The highest BCUT2D eigenvalue weighted by atomic mass is 32.2. The van der Waals surface area contributed by atoms with Gasteiger partial charge < -0.3 is 4.90 Å². The summed E-state index contributed by atoms with van der Waals surface area (Å²) in [6.07, 6.45) is -2.29. The van der Waals surface area contributed by atoms with Crippen molar-refractivity contribution in [3.05, 3.63) is 111 Å². The molecule has 3 aromatic rings. The Morgan fingerprint density at radius 3 is 2.32 bits per heavy atom. The van der Waals surface area contributed by atoms with Crippen molar-refractivity contribution in [2.24, 2.45) is 0 Å². The maximum absolute atomic E-state index is 13.3. The fraction of sp³-hybridized carbons (Fsp3) is 0.179. The normalized spacial score (nSPS) is 16.9. The molecule has 0 aromatic heterocycles. The van der Waals surface area contributed by atoms with Gasteiger partial charge in [0.2, 0.25) is 0 Å². The van der Waals surface area contributed by atoms with E-state index in [-0.39, 0.29) is 16.4 Å². The second kappa shape index (κ2) is 9.89. The minimum absolute atomic E-state index is 0.0929. The van der Waals surface area contributed by atoms with Crippen LogP contribution in [-0.4, -0.2) is 33.4 Å². The molecule has 3 aromatic carbocycles. The number of carbonyl (C=O) groups is 3. The highest BCUT2D eigenvalue weighted by Gasteiger charge is 2.38. The van der Waals surface area contributed by atoms with Crippen molar-refractivity contribution in [3.8, 4) is 0 Å². The second-order valence-corrected chi connectivity index (χ2v) is 9.78. The molecule has 0 unspecified atom stereocenters. The van der Waals surface area contributed by atoms with E-state index < -0.39 is 29.4 Å². The van der Waals surface area contributed by atoms with Crippen LogP contribution in [0.5, 0.6) is 0 Å². The molecular formula is C28H21F3N2O3S. The van der Waals surface area contributed by atoms with Gasteiger partial charge in [-0.1, -0.05) is 54.6 Å². The van der Waals surface area contributed by atoms with E-state index in [0.717, 1.165) is 23.0 Å². The number of nitrogens with zero attached hydrogens (tertiary/aromatic N) is 2. The van der Waals surface area contributed by atoms with E-state index >= 15 is 0 Å². The zero-order valence-electron chi connectivity index (χ0n) is 19.5. The van der Waals surface area contributed by atoms with E-state index in [0.29, 0.717) is 36.0 Å². The second-order valence-electron chi connectivity index (χ2n) is 8.79. The predicted molar refractivity (Wildman–Crippen MR) is 134 cm³/mol. The van der Waals surface area contributed by atoms with Crippen molar-refractivity contribution in [1.82, 2.24) is 9.80 Å². The van der Waals surface area contributed by atoms with Crippen LogP contribution in [0, 0.1) is 0 Å². The maximum Gasteiger partial charge on any atom is 0.416 e. The van der Waals surface area contributed by atoms with Crippen LogP contribution in [0.4, 0.5) is 18.0 Å². The van der Waals surface area contributed by atoms with Crippen LogP contribution in [-0.2, 0) is 30.5 Å². The maximum atomic E-state index is 13.3. The van der Waals surface area contributed by atoms with E-state index in [9.17, 15) is 27.6 Å². The lowest BCUT2D eigenvalue weighted by Gasteiger charge is -2.29. The van der Waals surface area contributed by atoms with Gasteiger partial charge in [0.05, 0.1) is 17.0 Å². The molecule has 2 aliphatic rings.